The lowest BCUT2D eigenvalue weighted by Crippen LogP contribution is -2.15. The minimum absolute atomic E-state index is 0.258. The Labute approximate surface area is 106 Å². The molecule has 0 saturated heterocycles. The highest BCUT2D eigenvalue weighted by atomic mass is 19.1. The maximum Gasteiger partial charge on any atom is 0.258 e. The molecule has 0 fully saturated rings. The van der Waals surface area contributed by atoms with Crippen LogP contribution in [0.4, 0.5) is 24.5 Å². The van der Waals surface area contributed by atoms with Crippen LogP contribution >= 0.6 is 0 Å². The first-order valence-electron chi connectivity index (χ1n) is 5.29. The Morgan fingerprint density at radius 3 is 2.26 bits per heavy atom. The van der Waals surface area contributed by atoms with Gasteiger partial charge in [0.25, 0.3) is 5.91 Å². The number of hydrogen-bond acceptors (Lipinski definition) is 2. The van der Waals surface area contributed by atoms with Crippen molar-refractivity contribution in [1.82, 2.24) is 0 Å². The minimum Gasteiger partial charge on any atom is -0.396 e. The lowest BCUT2D eigenvalue weighted by Gasteiger charge is -2.07. The number of hydrogen-bond donors (Lipinski definition) is 2. The molecule has 0 aliphatic carbocycles. The van der Waals surface area contributed by atoms with Crippen LogP contribution in [0.15, 0.2) is 36.4 Å². The Balaban J connectivity index is 2.27. The van der Waals surface area contributed by atoms with Gasteiger partial charge in [0.05, 0.1) is 11.3 Å². The molecule has 2 aromatic rings. The fraction of sp³-hybridized carbons (Fsp3) is 0. The van der Waals surface area contributed by atoms with Crippen molar-refractivity contribution in [3.8, 4) is 0 Å². The molecule has 0 unspecified atom stereocenters. The predicted octanol–water partition coefficient (Wildman–Crippen LogP) is 2.94. The fourth-order valence-electron chi connectivity index (χ4n) is 1.51. The molecule has 98 valence electrons. The summed E-state index contributed by atoms with van der Waals surface area (Å²) in [5.41, 5.74) is 4.52. The minimum atomic E-state index is -0.999. The average Bonchev–Trinajstić information content (AvgIpc) is 2.36. The lowest BCUT2D eigenvalue weighted by atomic mass is 10.1. The molecule has 3 nitrogen and oxygen atoms in total. The van der Waals surface area contributed by atoms with Crippen LogP contribution in [0.5, 0.6) is 0 Å². The van der Waals surface area contributed by atoms with Crippen molar-refractivity contribution in [2.24, 2.45) is 0 Å². The van der Waals surface area contributed by atoms with Gasteiger partial charge in [-0.05, 0) is 36.4 Å². The monoisotopic (exact) mass is 266 g/mol. The average molecular weight is 266 g/mol. The number of anilines is 2. The standard InChI is InChI=1S/C13H9F3N2O/c14-7-1-3-9(4-2-7)18-13(19)10-5-8(15)6-11(17)12(10)16/h1-6H,17H2,(H,18,19). The first-order chi connectivity index (χ1) is 8.97. The zero-order valence-corrected chi connectivity index (χ0v) is 9.58. The molecule has 3 N–H and O–H groups in total. The molecular weight excluding hydrogens is 257 g/mol. The topological polar surface area (TPSA) is 55.1 Å². The molecule has 0 aromatic heterocycles. The molecule has 6 heteroatoms. The van der Waals surface area contributed by atoms with Crippen molar-refractivity contribution in [3.05, 3.63) is 59.4 Å². The van der Waals surface area contributed by atoms with E-state index in [1.54, 1.807) is 0 Å². The van der Waals surface area contributed by atoms with Gasteiger partial charge in [0.1, 0.15) is 11.6 Å². The van der Waals surface area contributed by atoms with E-state index in [4.69, 9.17) is 5.73 Å². The highest BCUT2D eigenvalue weighted by Crippen LogP contribution is 2.19. The second kappa shape index (κ2) is 5.01. The molecular formula is C13H9F3N2O. The molecule has 0 saturated carbocycles. The van der Waals surface area contributed by atoms with Gasteiger partial charge in [0.15, 0.2) is 5.82 Å². The molecule has 0 atom stereocenters. The Bertz CT molecular complexity index is 627. The van der Waals surface area contributed by atoms with E-state index in [0.29, 0.717) is 0 Å². The van der Waals surface area contributed by atoms with Crippen LogP contribution in [0.2, 0.25) is 0 Å². The van der Waals surface area contributed by atoms with Crippen molar-refractivity contribution in [3.63, 3.8) is 0 Å². The zero-order chi connectivity index (χ0) is 14.0. The van der Waals surface area contributed by atoms with Crippen molar-refractivity contribution >= 4 is 17.3 Å². The SMILES string of the molecule is Nc1cc(F)cc(C(=O)Nc2ccc(F)cc2)c1F. The third-order valence-electron chi connectivity index (χ3n) is 2.41. The summed E-state index contributed by atoms with van der Waals surface area (Å²) in [6.45, 7) is 0. The number of benzene rings is 2. The van der Waals surface area contributed by atoms with Gasteiger partial charge in [-0.1, -0.05) is 0 Å². The van der Waals surface area contributed by atoms with Crippen LogP contribution < -0.4 is 11.1 Å². The number of nitrogens with two attached hydrogens (primary N) is 1. The van der Waals surface area contributed by atoms with Gasteiger partial charge >= 0.3 is 0 Å². The molecule has 19 heavy (non-hydrogen) atoms. The summed E-state index contributed by atoms with van der Waals surface area (Å²) in [6.07, 6.45) is 0. The Hall–Kier alpha value is -2.50. The second-order valence-corrected chi connectivity index (χ2v) is 3.82. The van der Waals surface area contributed by atoms with E-state index in [-0.39, 0.29) is 5.69 Å². The second-order valence-electron chi connectivity index (χ2n) is 3.82. The number of halogens is 3. The van der Waals surface area contributed by atoms with E-state index < -0.39 is 34.6 Å². The highest BCUT2D eigenvalue weighted by molar-refractivity contribution is 6.05. The summed E-state index contributed by atoms with van der Waals surface area (Å²) in [5, 5.41) is 2.31. The quantitative estimate of drug-likeness (QED) is 0.821. The summed E-state index contributed by atoms with van der Waals surface area (Å²) in [4.78, 5) is 11.8. The first kappa shape index (κ1) is 12.9. The summed E-state index contributed by atoms with van der Waals surface area (Å²) in [7, 11) is 0. The zero-order valence-electron chi connectivity index (χ0n) is 9.58. The van der Waals surface area contributed by atoms with Crippen molar-refractivity contribution in [2.45, 2.75) is 0 Å². The number of carbonyl (C=O) groups is 1. The Morgan fingerprint density at radius 1 is 1.00 bits per heavy atom. The van der Waals surface area contributed by atoms with Gasteiger partial charge in [-0.15, -0.1) is 0 Å². The number of carbonyl (C=O) groups excluding carboxylic acids is 1. The molecule has 0 aliphatic rings. The molecule has 0 spiro atoms. The third-order valence-corrected chi connectivity index (χ3v) is 2.41. The smallest absolute Gasteiger partial charge is 0.258 e. The van der Waals surface area contributed by atoms with Gasteiger partial charge in [-0.25, -0.2) is 13.2 Å². The molecule has 2 aromatic carbocycles. The van der Waals surface area contributed by atoms with E-state index >= 15 is 0 Å². The molecule has 0 radical (unpaired) electrons. The highest BCUT2D eigenvalue weighted by Gasteiger charge is 2.16. The van der Waals surface area contributed by atoms with Crippen LogP contribution in [0.1, 0.15) is 10.4 Å². The number of nitrogens with one attached hydrogen (secondary N) is 1. The summed E-state index contributed by atoms with van der Waals surface area (Å²) < 4.78 is 39.3. The van der Waals surface area contributed by atoms with Crippen LogP contribution in [0.25, 0.3) is 0 Å². The fourth-order valence-corrected chi connectivity index (χ4v) is 1.51. The van der Waals surface area contributed by atoms with Gasteiger partial charge in [-0.2, -0.15) is 0 Å². The molecule has 1 amide bonds. The maximum absolute atomic E-state index is 13.6. The van der Waals surface area contributed by atoms with Gasteiger partial charge in [0.2, 0.25) is 0 Å². The van der Waals surface area contributed by atoms with Crippen LogP contribution in [-0.2, 0) is 0 Å². The van der Waals surface area contributed by atoms with Gasteiger partial charge < -0.3 is 11.1 Å². The predicted molar refractivity (Wildman–Crippen MR) is 65.1 cm³/mol. The largest absolute Gasteiger partial charge is 0.396 e. The molecule has 0 heterocycles. The summed E-state index contributed by atoms with van der Waals surface area (Å²) in [5.74, 6) is -3.15. The van der Waals surface area contributed by atoms with Crippen LogP contribution in [-0.4, -0.2) is 5.91 Å². The number of nitrogen functional groups attached to an aromatic ring is 1. The van der Waals surface area contributed by atoms with Crippen LogP contribution in [0, 0.1) is 17.5 Å². The van der Waals surface area contributed by atoms with E-state index in [1.807, 2.05) is 0 Å². The first-order valence-corrected chi connectivity index (χ1v) is 5.29. The van der Waals surface area contributed by atoms with E-state index in [0.717, 1.165) is 24.3 Å². The third kappa shape index (κ3) is 2.85. The maximum atomic E-state index is 13.6. The van der Waals surface area contributed by atoms with E-state index in [1.165, 1.54) is 12.1 Å². The molecule has 0 bridgehead atoms. The Morgan fingerprint density at radius 2 is 1.63 bits per heavy atom. The molecule has 2 rings (SSSR count). The van der Waals surface area contributed by atoms with Crippen molar-refractivity contribution < 1.29 is 18.0 Å². The van der Waals surface area contributed by atoms with Crippen molar-refractivity contribution in [2.75, 3.05) is 11.1 Å². The van der Waals surface area contributed by atoms with E-state index in [2.05, 4.69) is 5.32 Å². The lowest BCUT2D eigenvalue weighted by molar-refractivity contribution is 0.102. The number of rotatable bonds is 2. The normalized spacial score (nSPS) is 10.3. The molecule has 0 aliphatic heterocycles. The number of amides is 1. The van der Waals surface area contributed by atoms with Crippen LogP contribution in [0.3, 0.4) is 0 Å². The van der Waals surface area contributed by atoms with Gasteiger partial charge in [0, 0.05) is 5.69 Å². The van der Waals surface area contributed by atoms with Gasteiger partial charge in [-0.3, -0.25) is 4.79 Å². The van der Waals surface area contributed by atoms with Crippen molar-refractivity contribution in [1.29, 1.82) is 0 Å². The summed E-state index contributed by atoms with van der Waals surface area (Å²) >= 11 is 0. The van der Waals surface area contributed by atoms with E-state index in [9.17, 15) is 18.0 Å². The summed E-state index contributed by atoms with van der Waals surface area (Å²) in [6, 6.07) is 6.38. The Kier molecular flexibility index (Phi) is 3.41.